The number of esters is 1. The Morgan fingerprint density at radius 2 is 1.76 bits per heavy atom. The molecule has 126 valence electrons. The van der Waals surface area contributed by atoms with Gasteiger partial charge < -0.3 is 4.74 Å². The molecule has 1 amide bonds. The zero-order chi connectivity index (χ0) is 18.2. The van der Waals surface area contributed by atoms with Gasteiger partial charge in [-0.2, -0.15) is 10.3 Å². The van der Waals surface area contributed by atoms with Gasteiger partial charge in [0, 0.05) is 5.56 Å². The first-order valence-corrected chi connectivity index (χ1v) is 7.68. The summed E-state index contributed by atoms with van der Waals surface area (Å²) in [6, 6.07) is 17.2. The molecule has 0 heterocycles. The van der Waals surface area contributed by atoms with Gasteiger partial charge in [0.25, 0.3) is 5.91 Å². The summed E-state index contributed by atoms with van der Waals surface area (Å²) in [5.74, 6) is -1.33. The third-order valence-electron chi connectivity index (χ3n) is 3.27. The van der Waals surface area contributed by atoms with E-state index in [2.05, 4.69) is 5.10 Å². The maximum absolute atomic E-state index is 12.8. The highest BCUT2D eigenvalue weighted by molar-refractivity contribution is 6.43. The Bertz CT molecular complexity index is 821. The van der Waals surface area contributed by atoms with E-state index < -0.39 is 17.6 Å². The molecule has 0 N–H and O–H groups in total. The smallest absolute Gasteiger partial charge is 0.369 e. The van der Waals surface area contributed by atoms with Crippen LogP contribution >= 0.6 is 0 Å². The van der Waals surface area contributed by atoms with Crippen molar-refractivity contribution < 1.29 is 14.3 Å². The molecule has 0 aliphatic carbocycles. The summed E-state index contributed by atoms with van der Waals surface area (Å²) >= 11 is 0. The lowest BCUT2D eigenvalue weighted by atomic mass is 10.2. The lowest BCUT2D eigenvalue weighted by molar-refractivity contribution is -0.134. The minimum atomic E-state index is -0.872. The number of carbonyl (C=O) groups is 2. The number of hydrogen-bond acceptors (Lipinski definition) is 5. The number of aryl methyl sites for hydroxylation is 1. The van der Waals surface area contributed by atoms with Crippen molar-refractivity contribution in [2.24, 2.45) is 5.10 Å². The Morgan fingerprint density at radius 1 is 1.12 bits per heavy atom. The van der Waals surface area contributed by atoms with Gasteiger partial charge in [0.15, 0.2) is 0 Å². The molecule has 6 heteroatoms. The maximum Gasteiger partial charge on any atom is 0.369 e. The molecule has 0 aliphatic heterocycles. The number of rotatable bonds is 5. The van der Waals surface area contributed by atoms with Crippen molar-refractivity contribution in [2.75, 3.05) is 11.6 Å². The molecular formula is C19H17N3O3. The number of amides is 1. The lowest BCUT2D eigenvalue weighted by Gasteiger charge is -2.18. The molecule has 0 saturated heterocycles. The van der Waals surface area contributed by atoms with Crippen LogP contribution in [0.25, 0.3) is 0 Å². The highest BCUT2D eigenvalue weighted by Gasteiger charge is 2.21. The van der Waals surface area contributed by atoms with Crippen molar-refractivity contribution in [1.82, 2.24) is 0 Å². The van der Waals surface area contributed by atoms with Gasteiger partial charge in [-0.1, -0.05) is 35.9 Å². The Balaban J connectivity index is 2.49. The second kappa shape index (κ2) is 8.41. The number of hydrazone groups is 1. The number of anilines is 1. The summed E-state index contributed by atoms with van der Waals surface area (Å²) < 4.78 is 4.81. The predicted molar refractivity (Wildman–Crippen MR) is 94.1 cm³/mol. The van der Waals surface area contributed by atoms with Gasteiger partial charge in [-0.05, 0) is 38.1 Å². The van der Waals surface area contributed by atoms with Crippen LogP contribution in [0.1, 0.15) is 22.8 Å². The predicted octanol–water partition coefficient (Wildman–Crippen LogP) is 3.08. The van der Waals surface area contributed by atoms with Crippen LogP contribution in [-0.4, -0.2) is 24.2 Å². The van der Waals surface area contributed by atoms with E-state index >= 15 is 0 Å². The van der Waals surface area contributed by atoms with E-state index in [1.165, 1.54) is 0 Å². The van der Waals surface area contributed by atoms with E-state index in [1.807, 2.05) is 19.1 Å². The quantitative estimate of drug-likeness (QED) is 0.477. The summed E-state index contributed by atoms with van der Waals surface area (Å²) in [6.45, 7) is 3.65. The molecule has 0 unspecified atom stereocenters. The molecule has 0 aromatic heterocycles. The number of ether oxygens (including phenoxy) is 1. The van der Waals surface area contributed by atoms with E-state index in [0.29, 0.717) is 11.3 Å². The van der Waals surface area contributed by atoms with Crippen LogP contribution in [0.5, 0.6) is 0 Å². The van der Waals surface area contributed by atoms with Crippen LogP contribution in [0.15, 0.2) is 59.7 Å². The van der Waals surface area contributed by atoms with Crippen molar-refractivity contribution in [2.45, 2.75) is 13.8 Å². The van der Waals surface area contributed by atoms with Gasteiger partial charge in [-0.25, -0.2) is 4.79 Å². The topological polar surface area (TPSA) is 82.8 Å². The maximum atomic E-state index is 12.8. The molecule has 2 aromatic rings. The lowest BCUT2D eigenvalue weighted by Crippen LogP contribution is -2.29. The third kappa shape index (κ3) is 4.52. The highest BCUT2D eigenvalue weighted by atomic mass is 16.5. The van der Waals surface area contributed by atoms with E-state index in [1.54, 1.807) is 55.5 Å². The molecule has 2 rings (SSSR count). The number of carbonyl (C=O) groups excluding carboxylic acids is 2. The van der Waals surface area contributed by atoms with Crippen molar-refractivity contribution >= 4 is 23.3 Å². The van der Waals surface area contributed by atoms with Crippen LogP contribution in [0, 0.1) is 18.3 Å². The summed E-state index contributed by atoms with van der Waals surface area (Å²) in [5, 5.41) is 14.2. The van der Waals surface area contributed by atoms with Crippen LogP contribution in [0.3, 0.4) is 0 Å². The summed E-state index contributed by atoms with van der Waals surface area (Å²) in [4.78, 5) is 24.7. The summed E-state index contributed by atoms with van der Waals surface area (Å²) in [7, 11) is 0. The van der Waals surface area contributed by atoms with Crippen molar-refractivity contribution in [3.63, 3.8) is 0 Å². The van der Waals surface area contributed by atoms with Gasteiger partial charge in [0.05, 0.1) is 12.3 Å². The van der Waals surface area contributed by atoms with Crippen LogP contribution in [0.4, 0.5) is 5.69 Å². The SMILES string of the molecule is CCOC(=O)C(C#N)=NN(C(=O)c1ccccc1)c1ccc(C)cc1. The van der Waals surface area contributed by atoms with Crippen molar-refractivity contribution in [3.8, 4) is 6.07 Å². The van der Waals surface area contributed by atoms with E-state index in [-0.39, 0.29) is 6.61 Å². The Hall–Kier alpha value is -3.46. The average molecular weight is 335 g/mol. The standard InChI is InChI=1S/C19H17N3O3/c1-3-25-19(24)17(13-20)21-22(16-11-9-14(2)10-12-16)18(23)15-7-5-4-6-8-15/h4-12H,3H2,1-2H3. The van der Waals surface area contributed by atoms with Crippen LogP contribution in [-0.2, 0) is 9.53 Å². The second-order valence-electron chi connectivity index (χ2n) is 5.10. The fourth-order valence-corrected chi connectivity index (χ4v) is 2.02. The largest absolute Gasteiger partial charge is 0.461 e. The molecule has 0 aliphatic rings. The monoisotopic (exact) mass is 335 g/mol. The molecule has 0 atom stereocenters. The molecular weight excluding hydrogens is 318 g/mol. The number of nitriles is 1. The first kappa shape index (κ1) is 17.9. The van der Waals surface area contributed by atoms with Gasteiger partial charge in [-0.15, -0.1) is 5.10 Å². The number of benzene rings is 2. The Labute approximate surface area is 145 Å². The van der Waals surface area contributed by atoms with Gasteiger partial charge in [0.2, 0.25) is 5.71 Å². The van der Waals surface area contributed by atoms with E-state index in [0.717, 1.165) is 10.6 Å². The van der Waals surface area contributed by atoms with E-state index in [4.69, 9.17) is 4.74 Å². The Kier molecular flexibility index (Phi) is 6.02. The van der Waals surface area contributed by atoms with Crippen molar-refractivity contribution in [1.29, 1.82) is 5.26 Å². The fourth-order valence-electron chi connectivity index (χ4n) is 2.02. The zero-order valence-electron chi connectivity index (χ0n) is 14.0. The second-order valence-corrected chi connectivity index (χ2v) is 5.10. The molecule has 0 spiro atoms. The number of nitrogens with zero attached hydrogens (tertiary/aromatic N) is 3. The number of hydrogen-bond donors (Lipinski definition) is 0. The first-order valence-electron chi connectivity index (χ1n) is 7.68. The fraction of sp³-hybridized carbons (Fsp3) is 0.158. The third-order valence-corrected chi connectivity index (χ3v) is 3.27. The van der Waals surface area contributed by atoms with E-state index in [9.17, 15) is 14.9 Å². The summed E-state index contributed by atoms with van der Waals surface area (Å²) in [5.41, 5.74) is 1.34. The molecule has 0 saturated carbocycles. The zero-order valence-corrected chi connectivity index (χ0v) is 14.0. The van der Waals surface area contributed by atoms with Crippen molar-refractivity contribution in [3.05, 3.63) is 65.7 Å². The van der Waals surface area contributed by atoms with Gasteiger partial charge >= 0.3 is 5.97 Å². The normalized spacial score (nSPS) is 10.7. The summed E-state index contributed by atoms with van der Waals surface area (Å²) in [6.07, 6.45) is 0. The first-order chi connectivity index (χ1) is 12.1. The molecule has 25 heavy (non-hydrogen) atoms. The van der Waals surface area contributed by atoms with Gasteiger partial charge in [0.1, 0.15) is 6.07 Å². The minimum absolute atomic E-state index is 0.108. The minimum Gasteiger partial charge on any atom is -0.461 e. The van der Waals surface area contributed by atoms with Gasteiger partial charge in [-0.3, -0.25) is 4.79 Å². The molecule has 0 fully saturated rings. The molecule has 6 nitrogen and oxygen atoms in total. The average Bonchev–Trinajstić information content (AvgIpc) is 2.64. The van der Waals surface area contributed by atoms with Crippen LogP contribution < -0.4 is 5.01 Å². The highest BCUT2D eigenvalue weighted by Crippen LogP contribution is 2.19. The molecule has 2 aromatic carbocycles. The Morgan fingerprint density at radius 3 is 2.32 bits per heavy atom. The van der Waals surface area contributed by atoms with Crippen LogP contribution in [0.2, 0.25) is 0 Å². The molecule has 0 radical (unpaired) electrons. The molecule has 0 bridgehead atoms.